The predicted octanol–water partition coefficient (Wildman–Crippen LogP) is 5.50. The zero-order valence-electron chi connectivity index (χ0n) is 14.7. The van der Waals surface area contributed by atoms with Crippen molar-refractivity contribution in [2.75, 3.05) is 7.05 Å². The molecule has 0 aliphatic heterocycles. The molecule has 0 unspecified atom stereocenters. The van der Waals surface area contributed by atoms with Crippen LogP contribution in [-0.2, 0) is 0 Å². The summed E-state index contributed by atoms with van der Waals surface area (Å²) in [6.45, 7) is 2.03. The number of benzene rings is 3. The summed E-state index contributed by atoms with van der Waals surface area (Å²) in [7, 11) is 1.73. The molecule has 1 amide bonds. The molecule has 0 aliphatic rings. The van der Waals surface area contributed by atoms with E-state index in [1.807, 2.05) is 61.5 Å². The maximum atomic E-state index is 12.9. The largest absolute Gasteiger partial charge is 0.295 e. The molecule has 4 heteroatoms. The topological polar surface area (TPSA) is 32.7 Å². The molecule has 3 nitrogen and oxygen atoms in total. The lowest BCUT2D eigenvalue weighted by Gasteiger charge is -2.20. The number of nitrogens with zero attached hydrogens (tertiary/aromatic N) is 2. The third-order valence-electron chi connectivity index (χ3n) is 4.01. The van der Waals surface area contributed by atoms with Gasteiger partial charge in [-0.05, 0) is 43.3 Å². The smallest absolute Gasteiger partial charge is 0.259 e. The third-order valence-corrected chi connectivity index (χ3v) is 4.27. The minimum Gasteiger partial charge on any atom is -0.295 e. The van der Waals surface area contributed by atoms with Gasteiger partial charge in [0.25, 0.3) is 5.91 Å². The van der Waals surface area contributed by atoms with Crippen LogP contribution in [-0.4, -0.2) is 23.7 Å². The SMILES string of the molecule is Cc1ccc(N=C(c2ccccc2)N(C)C(=O)c2ccc(Cl)cc2)cc1. The van der Waals surface area contributed by atoms with Crippen LogP contribution in [0.4, 0.5) is 5.69 Å². The number of hydrogen-bond acceptors (Lipinski definition) is 2. The van der Waals surface area contributed by atoms with Crippen molar-refractivity contribution in [2.45, 2.75) is 6.92 Å². The second kappa shape index (κ2) is 7.98. The first kappa shape index (κ1) is 17.9. The molecule has 26 heavy (non-hydrogen) atoms. The fourth-order valence-electron chi connectivity index (χ4n) is 2.54. The van der Waals surface area contributed by atoms with Crippen LogP contribution in [0, 0.1) is 6.92 Å². The van der Waals surface area contributed by atoms with Gasteiger partial charge in [-0.3, -0.25) is 9.69 Å². The van der Waals surface area contributed by atoms with E-state index in [0.29, 0.717) is 16.4 Å². The molecular weight excluding hydrogens is 344 g/mol. The van der Waals surface area contributed by atoms with Crippen LogP contribution in [0.15, 0.2) is 83.9 Å². The number of hydrogen-bond donors (Lipinski definition) is 0. The van der Waals surface area contributed by atoms with Gasteiger partial charge in [0.1, 0.15) is 5.84 Å². The Labute approximate surface area is 158 Å². The molecule has 0 spiro atoms. The van der Waals surface area contributed by atoms with Crippen molar-refractivity contribution in [3.8, 4) is 0 Å². The van der Waals surface area contributed by atoms with Gasteiger partial charge in [-0.2, -0.15) is 0 Å². The number of carbonyl (C=O) groups is 1. The molecule has 0 fully saturated rings. The van der Waals surface area contributed by atoms with Crippen LogP contribution in [0.25, 0.3) is 0 Å². The van der Waals surface area contributed by atoms with Crippen molar-refractivity contribution >= 4 is 29.0 Å². The van der Waals surface area contributed by atoms with E-state index in [9.17, 15) is 4.79 Å². The van der Waals surface area contributed by atoms with Gasteiger partial charge >= 0.3 is 0 Å². The van der Waals surface area contributed by atoms with Crippen LogP contribution in [0.3, 0.4) is 0 Å². The average molecular weight is 363 g/mol. The van der Waals surface area contributed by atoms with Crippen molar-refractivity contribution in [1.29, 1.82) is 0 Å². The molecule has 3 rings (SSSR count). The molecule has 3 aromatic rings. The number of carbonyl (C=O) groups excluding carboxylic acids is 1. The highest BCUT2D eigenvalue weighted by Gasteiger charge is 2.18. The Bertz CT molecular complexity index is 917. The van der Waals surface area contributed by atoms with E-state index in [1.54, 1.807) is 36.2 Å². The Kier molecular flexibility index (Phi) is 5.49. The van der Waals surface area contributed by atoms with Crippen LogP contribution >= 0.6 is 11.6 Å². The summed E-state index contributed by atoms with van der Waals surface area (Å²) < 4.78 is 0. The normalized spacial score (nSPS) is 11.3. The monoisotopic (exact) mass is 362 g/mol. The van der Waals surface area contributed by atoms with Gasteiger partial charge in [0, 0.05) is 23.2 Å². The minimum absolute atomic E-state index is 0.142. The molecule has 0 aromatic heterocycles. The Morgan fingerprint density at radius 2 is 1.46 bits per heavy atom. The molecule has 0 aliphatic carbocycles. The van der Waals surface area contributed by atoms with Crippen LogP contribution in [0.2, 0.25) is 5.02 Å². The van der Waals surface area contributed by atoms with E-state index >= 15 is 0 Å². The Morgan fingerprint density at radius 3 is 2.08 bits per heavy atom. The molecule has 0 saturated heterocycles. The van der Waals surface area contributed by atoms with Crippen molar-refractivity contribution in [3.63, 3.8) is 0 Å². The number of amidine groups is 1. The van der Waals surface area contributed by atoms with Gasteiger partial charge in [-0.25, -0.2) is 4.99 Å². The molecule has 130 valence electrons. The third kappa shape index (κ3) is 4.19. The minimum atomic E-state index is -0.142. The summed E-state index contributed by atoms with van der Waals surface area (Å²) in [5.41, 5.74) is 3.39. The lowest BCUT2D eigenvalue weighted by molar-refractivity contribution is 0.0871. The maximum Gasteiger partial charge on any atom is 0.259 e. The lowest BCUT2D eigenvalue weighted by atomic mass is 10.1. The fraction of sp³-hybridized carbons (Fsp3) is 0.0909. The summed E-state index contributed by atoms with van der Waals surface area (Å²) in [5, 5.41) is 0.598. The van der Waals surface area contributed by atoms with Gasteiger partial charge in [0.05, 0.1) is 5.69 Å². The first-order chi connectivity index (χ1) is 12.5. The highest BCUT2D eigenvalue weighted by Crippen LogP contribution is 2.18. The molecule has 0 N–H and O–H groups in total. The van der Waals surface area contributed by atoms with E-state index in [0.717, 1.165) is 16.8 Å². The van der Waals surface area contributed by atoms with E-state index in [2.05, 4.69) is 0 Å². The number of halogens is 1. The van der Waals surface area contributed by atoms with Crippen molar-refractivity contribution in [3.05, 3.63) is 101 Å². The van der Waals surface area contributed by atoms with Crippen LogP contribution in [0.5, 0.6) is 0 Å². The van der Waals surface area contributed by atoms with Crippen molar-refractivity contribution < 1.29 is 4.79 Å². The highest BCUT2D eigenvalue weighted by molar-refractivity contribution is 6.30. The van der Waals surface area contributed by atoms with Gasteiger partial charge in [0.15, 0.2) is 0 Å². The molecule has 0 heterocycles. The molecule has 0 radical (unpaired) electrons. The van der Waals surface area contributed by atoms with E-state index in [4.69, 9.17) is 16.6 Å². The van der Waals surface area contributed by atoms with Gasteiger partial charge in [-0.15, -0.1) is 0 Å². The van der Waals surface area contributed by atoms with Gasteiger partial charge < -0.3 is 0 Å². The van der Waals surface area contributed by atoms with Gasteiger partial charge in [-0.1, -0.05) is 59.6 Å². The fourth-order valence-corrected chi connectivity index (χ4v) is 2.67. The summed E-state index contributed by atoms with van der Waals surface area (Å²) in [4.78, 5) is 19.2. The lowest BCUT2D eigenvalue weighted by Crippen LogP contribution is -2.33. The quantitative estimate of drug-likeness (QED) is 0.447. The number of aryl methyl sites for hydroxylation is 1. The Hall–Kier alpha value is -2.91. The number of aliphatic imine (C=N–C) groups is 1. The number of rotatable bonds is 3. The summed E-state index contributed by atoms with van der Waals surface area (Å²) in [5.74, 6) is 0.450. The zero-order valence-corrected chi connectivity index (χ0v) is 15.4. The highest BCUT2D eigenvalue weighted by atomic mass is 35.5. The van der Waals surface area contributed by atoms with E-state index in [-0.39, 0.29) is 5.91 Å². The van der Waals surface area contributed by atoms with Crippen LogP contribution < -0.4 is 0 Å². The van der Waals surface area contributed by atoms with Crippen molar-refractivity contribution in [2.24, 2.45) is 4.99 Å². The Morgan fingerprint density at radius 1 is 0.846 bits per heavy atom. The summed E-state index contributed by atoms with van der Waals surface area (Å²) in [6.07, 6.45) is 0. The molecule has 0 atom stereocenters. The predicted molar refractivity (Wildman–Crippen MR) is 107 cm³/mol. The van der Waals surface area contributed by atoms with Crippen molar-refractivity contribution in [1.82, 2.24) is 4.90 Å². The molecule has 3 aromatic carbocycles. The van der Waals surface area contributed by atoms with Crippen LogP contribution in [0.1, 0.15) is 21.5 Å². The molecule has 0 bridgehead atoms. The zero-order chi connectivity index (χ0) is 18.5. The van der Waals surface area contributed by atoms with E-state index < -0.39 is 0 Å². The molecular formula is C22H19ClN2O. The van der Waals surface area contributed by atoms with E-state index in [1.165, 1.54) is 0 Å². The standard InChI is InChI=1S/C22H19ClN2O/c1-16-8-14-20(15-9-16)24-21(17-6-4-3-5-7-17)25(2)22(26)18-10-12-19(23)13-11-18/h3-15H,1-2H3. The van der Waals surface area contributed by atoms with Gasteiger partial charge in [0.2, 0.25) is 0 Å². The number of amides is 1. The average Bonchev–Trinajstić information content (AvgIpc) is 2.68. The molecule has 0 saturated carbocycles. The maximum absolute atomic E-state index is 12.9. The summed E-state index contributed by atoms with van der Waals surface area (Å²) in [6, 6.07) is 24.4. The Balaban J connectivity index is 2.01. The second-order valence-corrected chi connectivity index (χ2v) is 6.44. The second-order valence-electron chi connectivity index (χ2n) is 6.01. The summed E-state index contributed by atoms with van der Waals surface area (Å²) >= 11 is 5.93. The first-order valence-electron chi connectivity index (χ1n) is 8.29. The first-order valence-corrected chi connectivity index (χ1v) is 8.67.